The van der Waals surface area contributed by atoms with Gasteiger partial charge in [0.05, 0.1) is 6.54 Å². The van der Waals surface area contributed by atoms with E-state index in [1.165, 1.54) is 0 Å². The number of fused-ring (bicyclic) bond motifs is 1. The Labute approximate surface area is 162 Å². The number of ether oxygens (including phenoxy) is 2. The summed E-state index contributed by atoms with van der Waals surface area (Å²) < 4.78 is 15.7. The molecule has 7 heteroatoms. The lowest BCUT2D eigenvalue weighted by Gasteiger charge is -2.22. The van der Waals surface area contributed by atoms with Crippen LogP contribution in [0.25, 0.3) is 0 Å². The van der Waals surface area contributed by atoms with Crippen LogP contribution in [0.3, 0.4) is 0 Å². The van der Waals surface area contributed by atoms with Crippen molar-refractivity contribution in [1.82, 2.24) is 15.2 Å². The number of hydrogen-bond acceptors (Lipinski definition) is 6. The first-order valence-electron chi connectivity index (χ1n) is 9.08. The fourth-order valence-electron chi connectivity index (χ4n) is 3.28. The fraction of sp³-hybridized carbons (Fsp3) is 0.286. The minimum Gasteiger partial charge on any atom is -0.454 e. The Balaban J connectivity index is 1.57. The number of nitrogens with zero attached hydrogens (tertiary/aromatic N) is 3. The maximum atomic E-state index is 13.0. The number of amides is 1. The molecule has 1 aliphatic rings. The molecule has 28 heavy (non-hydrogen) atoms. The third kappa shape index (κ3) is 3.69. The lowest BCUT2D eigenvalue weighted by molar-refractivity contribution is -0.130. The molecule has 1 aliphatic heterocycles. The van der Waals surface area contributed by atoms with Crippen LogP contribution in [0.15, 0.2) is 53.2 Å². The summed E-state index contributed by atoms with van der Waals surface area (Å²) in [6, 6.07) is 15.8. The van der Waals surface area contributed by atoms with E-state index in [0.717, 1.165) is 16.9 Å². The molecule has 0 saturated heterocycles. The maximum absolute atomic E-state index is 13.0. The van der Waals surface area contributed by atoms with Crippen molar-refractivity contribution in [2.24, 2.45) is 0 Å². The molecular formula is C21H21N3O4. The Morgan fingerprint density at radius 1 is 1.07 bits per heavy atom. The molecule has 0 bridgehead atoms. The minimum absolute atomic E-state index is 0.00826. The van der Waals surface area contributed by atoms with Gasteiger partial charge in [-0.25, -0.2) is 4.63 Å². The number of aryl methyl sites for hydroxylation is 1. The van der Waals surface area contributed by atoms with Crippen LogP contribution in [0.4, 0.5) is 0 Å². The molecule has 0 radical (unpaired) electrons. The summed E-state index contributed by atoms with van der Waals surface area (Å²) in [7, 11) is 1.76. The van der Waals surface area contributed by atoms with Crippen LogP contribution >= 0.6 is 0 Å². The van der Waals surface area contributed by atoms with E-state index in [-0.39, 0.29) is 18.6 Å². The van der Waals surface area contributed by atoms with Gasteiger partial charge in [-0.15, -0.1) is 0 Å². The van der Waals surface area contributed by atoms with Gasteiger partial charge in [0, 0.05) is 19.4 Å². The topological polar surface area (TPSA) is 77.7 Å². The second-order valence-corrected chi connectivity index (χ2v) is 6.83. The van der Waals surface area contributed by atoms with Gasteiger partial charge in [0.2, 0.25) is 12.7 Å². The lowest BCUT2D eigenvalue weighted by atomic mass is 9.88. The van der Waals surface area contributed by atoms with Crippen LogP contribution < -0.4 is 9.47 Å². The van der Waals surface area contributed by atoms with Crippen molar-refractivity contribution in [3.05, 3.63) is 71.0 Å². The average Bonchev–Trinajstić information content (AvgIpc) is 3.35. The smallest absolute Gasteiger partial charge is 0.231 e. The van der Waals surface area contributed by atoms with E-state index >= 15 is 0 Å². The molecule has 0 fully saturated rings. The minimum atomic E-state index is -0.0952. The van der Waals surface area contributed by atoms with E-state index in [0.29, 0.717) is 30.1 Å². The predicted molar refractivity (Wildman–Crippen MR) is 101 cm³/mol. The standard InChI is InChI=1S/C21H21N3O4/c1-14-18(23-28-22-14)12-24(2)21(25)11-17(15-6-4-3-5-7-15)16-8-9-19-20(10-16)27-13-26-19/h3-10,17H,11-13H2,1-2H3. The zero-order valence-electron chi connectivity index (χ0n) is 15.8. The van der Waals surface area contributed by atoms with E-state index in [2.05, 4.69) is 10.3 Å². The Kier molecular flexibility index (Phi) is 4.97. The molecule has 0 N–H and O–H groups in total. The van der Waals surface area contributed by atoms with Crippen molar-refractivity contribution in [1.29, 1.82) is 0 Å². The summed E-state index contributed by atoms with van der Waals surface area (Å²) in [5, 5.41) is 7.63. The Bertz CT molecular complexity index is 971. The van der Waals surface area contributed by atoms with Gasteiger partial charge in [0.15, 0.2) is 11.5 Å². The fourth-order valence-corrected chi connectivity index (χ4v) is 3.28. The van der Waals surface area contributed by atoms with E-state index < -0.39 is 0 Å². The number of benzene rings is 2. The molecule has 0 aliphatic carbocycles. The first-order valence-corrected chi connectivity index (χ1v) is 9.08. The van der Waals surface area contributed by atoms with Gasteiger partial charge >= 0.3 is 0 Å². The molecule has 7 nitrogen and oxygen atoms in total. The highest BCUT2D eigenvalue weighted by Crippen LogP contribution is 2.37. The highest BCUT2D eigenvalue weighted by Gasteiger charge is 2.24. The molecule has 2 aromatic carbocycles. The van der Waals surface area contributed by atoms with E-state index in [1.807, 2.05) is 55.5 Å². The Hall–Kier alpha value is -3.35. The lowest BCUT2D eigenvalue weighted by Crippen LogP contribution is -2.28. The van der Waals surface area contributed by atoms with E-state index in [9.17, 15) is 4.79 Å². The van der Waals surface area contributed by atoms with Gasteiger partial charge < -0.3 is 14.4 Å². The number of carbonyl (C=O) groups excluding carboxylic acids is 1. The van der Waals surface area contributed by atoms with Crippen molar-refractivity contribution in [2.45, 2.75) is 25.8 Å². The van der Waals surface area contributed by atoms with Gasteiger partial charge in [0.25, 0.3) is 0 Å². The number of hydrogen-bond donors (Lipinski definition) is 0. The van der Waals surface area contributed by atoms with Gasteiger partial charge in [-0.3, -0.25) is 4.79 Å². The summed E-state index contributed by atoms with van der Waals surface area (Å²) in [4.78, 5) is 14.6. The summed E-state index contributed by atoms with van der Waals surface area (Å²) in [5.74, 6) is 1.35. The highest BCUT2D eigenvalue weighted by molar-refractivity contribution is 5.77. The molecule has 144 valence electrons. The van der Waals surface area contributed by atoms with Crippen molar-refractivity contribution in [3.63, 3.8) is 0 Å². The van der Waals surface area contributed by atoms with Gasteiger partial charge in [-0.05, 0) is 30.2 Å². The second kappa shape index (κ2) is 7.72. The molecule has 4 rings (SSSR count). The van der Waals surface area contributed by atoms with E-state index in [4.69, 9.17) is 14.1 Å². The van der Waals surface area contributed by atoms with Crippen LogP contribution in [-0.2, 0) is 11.3 Å². The largest absolute Gasteiger partial charge is 0.454 e. The molecule has 1 aromatic heterocycles. The molecule has 0 saturated carbocycles. The first-order chi connectivity index (χ1) is 13.6. The second-order valence-electron chi connectivity index (χ2n) is 6.83. The normalized spacial score (nSPS) is 13.4. The molecule has 1 unspecified atom stereocenters. The quantitative estimate of drug-likeness (QED) is 0.654. The highest BCUT2D eigenvalue weighted by atomic mass is 16.7. The van der Waals surface area contributed by atoms with Crippen LogP contribution in [0.2, 0.25) is 0 Å². The SMILES string of the molecule is Cc1nonc1CN(C)C(=O)CC(c1ccccc1)c1ccc2c(c1)OCO2. The van der Waals surface area contributed by atoms with Crippen LogP contribution in [0.5, 0.6) is 11.5 Å². The molecule has 1 atom stereocenters. The van der Waals surface area contributed by atoms with Crippen molar-refractivity contribution in [3.8, 4) is 11.5 Å². The Morgan fingerprint density at radius 2 is 1.86 bits per heavy atom. The van der Waals surface area contributed by atoms with Crippen LogP contribution in [0, 0.1) is 6.92 Å². The molecule has 0 spiro atoms. The van der Waals surface area contributed by atoms with Gasteiger partial charge in [-0.1, -0.05) is 46.7 Å². The van der Waals surface area contributed by atoms with Gasteiger partial charge in [-0.2, -0.15) is 0 Å². The first kappa shape index (κ1) is 18.0. The van der Waals surface area contributed by atoms with Crippen molar-refractivity contribution in [2.75, 3.05) is 13.8 Å². The third-order valence-electron chi connectivity index (χ3n) is 4.94. The van der Waals surface area contributed by atoms with Crippen LogP contribution in [-0.4, -0.2) is 35.0 Å². The van der Waals surface area contributed by atoms with Gasteiger partial charge in [0.1, 0.15) is 11.4 Å². The Morgan fingerprint density at radius 3 is 2.61 bits per heavy atom. The molecular weight excluding hydrogens is 358 g/mol. The third-order valence-corrected chi connectivity index (χ3v) is 4.94. The zero-order chi connectivity index (χ0) is 19.5. The number of rotatable bonds is 6. The summed E-state index contributed by atoms with van der Waals surface area (Å²) in [6.07, 6.45) is 0.324. The van der Waals surface area contributed by atoms with Crippen molar-refractivity contribution < 1.29 is 18.9 Å². The zero-order valence-corrected chi connectivity index (χ0v) is 15.8. The summed E-state index contributed by atoms with van der Waals surface area (Å²) in [5.41, 5.74) is 3.43. The summed E-state index contributed by atoms with van der Waals surface area (Å²) >= 11 is 0. The van der Waals surface area contributed by atoms with Crippen molar-refractivity contribution >= 4 is 5.91 Å². The predicted octanol–water partition coefficient (Wildman–Crippen LogP) is 3.29. The number of carbonyl (C=O) groups is 1. The number of aromatic nitrogens is 2. The summed E-state index contributed by atoms with van der Waals surface area (Å²) in [6.45, 7) is 2.39. The monoisotopic (exact) mass is 379 g/mol. The molecule has 2 heterocycles. The van der Waals surface area contributed by atoms with E-state index in [1.54, 1.807) is 11.9 Å². The maximum Gasteiger partial charge on any atom is 0.231 e. The average molecular weight is 379 g/mol. The van der Waals surface area contributed by atoms with Crippen LogP contribution in [0.1, 0.15) is 34.9 Å². The molecule has 3 aromatic rings. The molecule has 1 amide bonds.